The molecule has 0 unspecified atom stereocenters. The van der Waals surface area contributed by atoms with E-state index in [1.807, 2.05) is 0 Å². The molecule has 0 saturated carbocycles. The van der Waals surface area contributed by atoms with Gasteiger partial charge in [-0.3, -0.25) is 0 Å². The third kappa shape index (κ3) is 2.79. The molecule has 2 saturated heterocycles. The zero-order valence-electron chi connectivity index (χ0n) is 9.67. The fourth-order valence-corrected chi connectivity index (χ4v) is 2.04. The Balaban J connectivity index is 1.83. The van der Waals surface area contributed by atoms with Crippen molar-refractivity contribution >= 4 is 12.1 Å². The van der Waals surface area contributed by atoms with Crippen molar-refractivity contribution in [3.63, 3.8) is 0 Å². The summed E-state index contributed by atoms with van der Waals surface area (Å²) in [7, 11) is 0. The van der Waals surface area contributed by atoms with Crippen LogP contribution in [-0.4, -0.2) is 84.4 Å². The van der Waals surface area contributed by atoms with E-state index in [-0.39, 0.29) is 6.03 Å². The highest BCUT2D eigenvalue weighted by Gasteiger charge is 2.27. The van der Waals surface area contributed by atoms with E-state index in [0.29, 0.717) is 52.5 Å². The number of nitrogens with zero attached hydrogens (tertiary/aromatic N) is 3. The summed E-state index contributed by atoms with van der Waals surface area (Å²) >= 11 is 0. The van der Waals surface area contributed by atoms with Crippen molar-refractivity contribution in [3.8, 4) is 0 Å². The third-order valence-electron chi connectivity index (χ3n) is 3.10. The average molecular weight is 243 g/mol. The number of piperazine rings is 1. The molecular weight excluding hydrogens is 226 g/mol. The summed E-state index contributed by atoms with van der Waals surface area (Å²) in [5.41, 5.74) is 0. The third-order valence-corrected chi connectivity index (χ3v) is 3.10. The van der Waals surface area contributed by atoms with Gasteiger partial charge in [0.25, 0.3) is 0 Å². The lowest BCUT2D eigenvalue weighted by molar-refractivity contribution is 0.0378. The Morgan fingerprint density at radius 1 is 0.824 bits per heavy atom. The lowest BCUT2D eigenvalue weighted by Crippen LogP contribution is -2.55. The largest absolute Gasteiger partial charge is 0.465 e. The smallest absolute Gasteiger partial charge is 0.407 e. The minimum atomic E-state index is -0.913. The van der Waals surface area contributed by atoms with Gasteiger partial charge in [0.2, 0.25) is 0 Å². The van der Waals surface area contributed by atoms with Gasteiger partial charge in [-0.1, -0.05) is 0 Å². The molecule has 0 aromatic carbocycles. The molecule has 0 spiro atoms. The quantitative estimate of drug-likeness (QED) is 0.636. The Morgan fingerprint density at radius 3 is 1.82 bits per heavy atom. The first kappa shape index (κ1) is 12.0. The van der Waals surface area contributed by atoms with E-state index in [4.69, 9.17) is 9.84 Å². The lowest BCUT2D eigenvalue weighted by atomic mass is 10.3. The van der Waals surface area contributed by atoms with Crippen molar-refractivity contribution in [2.24, 2.45) is 0 Å². The molecule has 3 amide bonds. The van der Waals surface area contributed by atoms with Gasteiger partial charge in [-0.25, -0.2) is 9.59 Å². The fourth-order valence-electron chi connectivity index (χ4n) is 2.04. The molecule has 0 aliphatic carbocycles. The van der Waals surface area contributed by atoms with E-state index in [0.717, 1.165) is 0 Å². The van der Waals surface area contributed by atoms with Crippen LogP contribution >= 0.6 is 0 Å². The second-order valence-electron chi connectivity index (χ2n) is 4.14. The van der Waals surface area contributed by atoms with Gasteiger partial charge in [0.15, 0.2) is 0 Å². The van der Waals surface area contributed by atoms with Crippen molar-refractivity contribution in [1.29, 1.82) is 0 Å². The number of rotatable bonds is 0. The predicted molar refractivity (Wildman–Crippen MR) is 59.0 cm³/mol. The highest BCUT2D eigenvalue weighted by atomic mass is 16.5. The maximum Gasteiger partial charge on any atom is 0.407 e. The predicted octanol–water partition coefficient (Wildman–Crippen LogP) is -0.266. The number of carboxylic acid groups (broad SMARTS) is 1. The van der Waals surface area contributed by atoms with E-state index in [1.54, 1.807) is 9.80 Å². The van der Waals surface area contributed by atoms with Crippen LogP contribution in [0.4, 0.5) is 9.59 Å². The van der Waals surface area contributed by atoms with Crippen molar-refractivity contribution < 1.29 is 19.4 Å². The summed E-state index contributed by atoms with van der Waals surface area (Å²) in [5, 5.41) is 8.81. The van der Waals surface area contributed by atoms with Crippen molar-refractivity contribution in [2.75, 3.05) is 52.5 Å². The number of morpholine rings is 1. The number of hydrogen-bond donors (Lipinski definition) is 1. The van der Waals surface area contributed by atoms with Crippen molar-refractivity contribution in [2.45, 2.75) is 0 Å². The molecular formula is C10H17N3O4. The minimum absolute atomic E-state index is 0.00154. The van der Waals surface area contributed by atoms with E-state index in [2.05, 4.69) is 0 Å². The topological polar surface area (TPSA) is 73.3 Å². The molecule has 2 aliphatic heterocycles. The first-order valence-electron chi connectivity index (χ1n) is 5.78. The number of carbonyl (C=O) groups is 2. The van der Waals surface area contributed by atoms with E-state index in [9.17, 15) is 9.59 Å². The summed E-state index contributed by atoms with van der Waals surface area (Å²) in [6.07, 6.45) is -0.913. The average Bonchev–Trinajstić information content (AvgIpc) is 2.39. The zero-order chi connectivity index (χ0) is 12.3. The summed E-state index contributed by atoms with van der Waals surface area (Å²) in [6.45, 7) is 4.15. The van der Waals surface area contributed by atoms with Crippen molar-refractivity contribution in [1.82, 2.24) is 14.7 Å². The molecule has 2 fully saturated rings. The molecule has 0 aromatic rings. The number of urea groups is 1. The van der Waals surface area contributed by atoms with Crippen LogP contribution in [0.2, 0.25) is 0 Å². The first-order valence-corrected chi connectivity index (χ1v) is 5.78. The van der Waals surface area contributed by atoms with Gasteiger partial charge < -0.3 is 24.5 Å². The Labute approximate surface area is 99.5 Å². The minimum Gasteiger partial charge on any atom is -0.465 e. The maximum absolute atomic E-state index is 12.1. The van der Waals surface area contributed by atoms with Gasteiger partial charge >= 0.3 is 12.1 Å². The Morgan fingerprint density at radius 2 is 1.29 bits per heavy atom. The highest BCUT2D eigenvalue weighted by molar-refractivity contribution is 5.75. The van der Waals surface area contributed by atoms with Gasteiger partial charge in [-0.05, 0) is 0 Å². The van der Waals surface area contributed by atoms with Crippen LogP contribution in [0.1, 0.15) is 0 Å². The Hall–Kier alpha value is -1.50. The van der Waals surface area contributed by atoms with Crippen LogP contribution in [0.25, 0.3) is 0 Å². The molecule has 17 heavy (non-hydrogen) atoms. The summed E-state index contributed by atoms with van der Waals surface area (Å²) in [5.74, 6) is 0. The molecule has 7 nitrogen and oxygen atoms in total. The standard InChI is InChI=1S/C10H17N3O4/c14-9(12-5-7-17-8-6-12)11-1-3-13(4-2-11)10(15)16/h1-8H2,(H,15,16). The number of amides is 3. The normalized spacial score (nSPS) is 21.5. The second kappa shape index (κ2) is 5.22. The first-order chi connectivity index (χ1) is 8.18. The maximum atomic E-state index is 12.1. The van der Waals surface area contributed by atoms with E-state index < -0.39 is 6.09 Å². The van der Waals surface area contributed by atoms with Gasteiger partial charge in [0, 0.05) is 39.3 Å². The summed E-state index contributed by atoms with van der Waals surface area (Å²) in [6, 6.07) is -0.00154. The summed E-state index contributed by atoms with van der Waals surface area (Å²) in [4.78, 5) is 27.6. The van der Waals surface area contributed by atoms with Crippen LogP contribution in [-0.2, 0) is 4.74 Å². The Bertz CT molecular complexity index is 296. The van der Waals surface area contributed by atoms with E-state index in [1.165, 1.54) is 4.90 Å². The van der Waals surface area contributed by atoms with Gasteiger partial charge in [0.05, 0.1) is 13.2 Å². The second-order valence-corrected chi connectivity index (χ2v) is 4.14. The van der Waals surface area contributed by atoms with E-state index >= 15 is 0 Å². The molecule has 2 heterocycles. The van der Waals surface area contributed by atoms with Crippen LogP contribution < -0.4 is 0 Å². The molecule has 0 aromatic heterocycles. The fraction of sp³-hybridized carbons (Fsp3) is 0.800. The van der Waals surface area contributed by atoms with Gasteiger partial charge in [0.1, 0.15) is 0 Å². The molecule has 2 rings (SSSR count). The summed E-state index contributed by atoms with van der Waals surface area (Å²) < 4.78 is 5.19. The van der Waals surface area contributed by atoms with Crippen LogP contribution in [0.5, 0.6) is 0 Å². The highest BCUT2D eigenvalue weighted by Crippen LogP contribution is 2.07. The van der Waals surface area contributed by atoms with Crippen molar-refractivity contribution in [3.05, 3.63) is 0 Å². The van der Waals surface area contributed by atoms with Gasteiger partial charge in [-0.2, -0.15) is 0 Å². The number of ether oxygens (including phenoxy) is 1. The molecule has 2 aliphatic rings. The SMILES string of the molecule is O=C(O)N1CCN(C(=O)N2CCOCC2)CC1. The molecule has 0 atom stereocenters. The molecule has 1 N–H and O–H groups in total. The molecule has 0 radical (unpaired) electrons. The zero-order valence-corrected chi connectivity index (χ0v) is 9.67. The van der Waals surface area contributed by atoms with Crippen LogP contribution in [0.3, 0.4) is 0 Å². The lowest BCUT2D eigenvalue weighted by Gasteiger charge is -2.37. The Kier molecular flexibility index (Phi) is 3.68. The van der Waals surface area contributed by atoms with Crippen LogP contribution in [0.15, 0.2) is 0 Å². The van der Waals surface area contributed by atoms with Gasteiger partial charge in [-0.15, -0.1) is 0 Å². The molecule has 0 bridgehead atoms. The molecule has 7 heteroatoms. The monoisotopic (exact) mass is 243 g/mol. The number of hydrogen-bond acceptors (Lipinski definition) is 3. The number of carbonyl (C=O) groups excluding carboxylic acids is 1. The molecule has 96 valence electrons. The van der Waals surface area contributed by atoms with Crippen LogP contribution in [0, 0.1) is 0 Å².